The molecule has 1 saturated heterocycles. The smallest absolute Gasteiger partial charge is 0.244 e. The first-order valence-electron chi connectivity index (χ1n) is 6.34. The van der Waals surface area contributed by atoms with Gasteiger partial charge in [0.25, 0.3) is 0 Å². The van der Waals surface area contributed by atoms with Crippen LogP contribution in [0.3, 0.4) is 0 Å². The fourth-order valence-electron chi connectivity index (χ4n) is 2.45. The van der Waals surface area contributed by atoms with Crippen LogP contribution >= 0.6 is 11.6 Å². The Morgan fingerprint density at radius 3 is 3.00 bits per heavy atom. The second-order valence-electron chi connectivity index (χ2n) is 4.69. The maximum atomic E-state index is 12.4. The molecule has 1 amide bonds. The molecule has 1 aliphatic heterocycles. The lowest BCUT2D eigenvalue weighted by molar-refractivity contribution is -0.122. The van der Waals surface area contributed by atoms with Gasteiger partial charge in [-0.15, -0.1) is 0 Å². The molecule has 1 unspecified atom stereocenters. The Balaban J connectivity index is 2.07. The van der Waals surface area contributed by atoms with Crippen LogP contribution in [0.15, 0.2) is 18.3 Å². The number of aromatic nitrogens is 1. The van der Waals surface area contributed by atoms with Gasteiger partial charge in [-0.25, -0.2) is 4.98 Å². The number of hydrogen-bond acceptors (Lipinski definition) is 3. The predicted octanol–water partition coefficient (Wildman–Crippen LogP) is 2.60. The summed E-state index contributed by atoms with van der Waals surface area (Å²) in [6.07, 6.45) is 5.37. The summed E-state index contributed by atoms with van der Waals surface area (Å²) in [6, 6.07) is 3.44. The van der Waals surface area contributed by atoms with E-state index in [0.717, 1.165) is 32.2 Å². The molecule has 0 radical (unpaired) electrons. The lowest BCUT2D eigenvalue weighted by Crippen LogP contribution is -2.50. The molecule has 1 atom stereocenters. The number of nitrogens with zero attached hydrogens (tertiary/aromatic N) is 1. The number of hydrogen-bond donors (Lipinski definition) is 2. The molecule has 0 aromatic carbocycles. The fraction of sp³-hybridized carbons (Fsp3) is 0.538. The zero-order valence-corrected chi connectivity index (χ0v) is 11.3. The molecule has 1 aromatic rings. The molecule has 0 spiro atoms. The Labute approximate surface area is 112 Å². The van der Waals surface area contributed by atoms with Crippen LogP contribution < -0.4 is 10.6 Å². The number of amides is 1. The summed E-state index contributed by atoms with van der Waals surface area (Å²) in [6.45, 7) is 3.01. The molecule has 2 heterocycles. The monoisotopic (exact) mass is 267 g/mol. The van der Waals surface area contributed by atoms with Crippen molar-refractivity contribution >= 4 is 23.2 Å². The van der Waals surface area contributed by atoms with E-state index < -0.39 is 5.54 Å². The van der Waals surface area contributed by atoms with Crippen molar-refractivity contribution in [1.82, 2.24) is 10.3 Å². The molecule has 18 heavy (non-hydrogen) atoms. The van der Waals surface area contributed by atoms with E-state index in [2.05, 4.69) is 22.5 Å². The highest BCUT2D eigenvalue weighted by atomic mass is 35.5. The summed E-state index contributed by atoms with van der Waals surface area (Å²) in [5.41, 5.74) is 0.280. The van der Waals surface area contributed by atoms with Crippen LogP contribution in [-0.4, -0.2) is 23.0 Å². The van der Waals surface area contributed by atoms with Crippen LogP contribution in [-0.2, 0) is 4.79 Å². The Morgan fingerprint density at radius 2 is 2.44 bits per heavy atom. The molecule has 0 bridgehead atoms. The highest BCUT2D eigenvalue weighted by molar-refractivity contribution is 6.29. The minimum atomic E-state index is -0.408. The number of rotatable bonds is 4. The summed E-state index contributed by atoms with van der Waals surface area (Å²) >= 11 is 5.72. The van der Waals surface area contributed by atoms with Gasteiger partial charge in [0.2, 0.25) is 5.91 Å². The average molecular weight is 268 g/mol. The van der Waals surface area contributed by atoms with Gasteiger partial charge in [0, 0.05) is 0 Å². The second kappa shape index (κ2) is 5.67. The van der Waals surface area contributed by atoms with Crippen molar-refractivity contribution in [1.29, 1.82) is 0 Å². The topological polar surface area (TPSA) is 54.0 Å². The highest BCUT2D eigenvalue weighted by Gasteiger charge is 2.39. The first-order chi connectivity index (χ1) is 8.66. The van der Waals surface area contributed by atoms with Gasteiger partial charge in [-0.2, -0.15) is 0 Å². The SMILES string of the molecule is CCCC1(C(=O)Nc2ccc(Cl)nc2)CCCN1. The zero-order valence-electron chi connectivity index (χ0n) is 10.5. The number of halogens is 1. The molecule has 0 saturated carbocycles. The van der Waals surface area contributed by atoms with E-state index in [1.807, 2.05) is 0 Å². The van der Waals surface area contributed by atoms with E-state index in [9.17, 15) is 4.79 Å². The van der Waals surface area contributed by atoms with Gasteiger partial charge in [0.1, 0.15) is 5.15 Å². The number of carbonyl (C=O) groups is 1. The summed E-state index contributed by atoms with van der Waals surface area (Å²) < 4.78 is 0. The first-order valence-corrected chi connectivity index (χ1v) is 6.72. The van der Waals surface area contributed by atoms with E-state index >= 15 is 0 Å². The normalized spacial score (nSPS) is 23.0. The van der Waals surface area contributed by atoms with Gasteiger partial charge < -0.3 is 10.6 Å². The molecule has 4 nitrogen and oxygen atoms in total. The van der Waals surface area contributed by atoms with Crippen LogP contribution in [0.1, 0.15) is 32.6 Å². The van der Waals surface area contributed by atoms with Gasteiger partial charge in [0.15, 0.2) is 0 Å². The van der Waals surface area contributed by atoms with Crippen molar-refractivity contribution in [2.75, 3.05) is 11.9 Å². The number of nitrogens with one attached hydrogen (secondary N) is 2. The van der Waals surface area contributed by atoms with Crippen molar-refractivity contribution < 1.29 is 4.79 Å². The Morgan fingerprint density at radius 1 is 1.61 bits per heavy atom. The Hall–Kier alpha value is -1.13. The van der Waals surface area contributed by atoms with Gasteiger partial charge in [-0.05, 0) is 37.9 Å². The Bertz CT molecular complexity index is 413. The van der Waals surface area contributed by atoms with E-state index in [1.165, 1.54) is 0 Å². The minimum absolute atomic E-state index is 0.0333. The van der Waals surface area contributed by atoms with E-state index in [0.29, 0.717) is 10.8 Å². The summed E-state index contributed by atoms with van der Waals surface area (Å²) in [7, 11) is 0. The van der Waals surface area contributed by atoms with Crippen molar-refractivity contribution in [3.63, 3.8) is 0 Å². The van der Waals surface area contributed by atoms with Crippen LogP contribution in [0, 0.1) is 0 Å². The Kier molecular flexibility index (Phi) is 4.19. The molecular formula is C13H18ClN3O. The van der Waals surface area contributed by atoms with Crippen molar-refractivity contribution in [3.8, 4) is 0 Å². The summed E-state index contributed by atoms with van der Waals surface area (Å²) in [4.78, 5) is 16.3. The minimum Gasteiger partial charge on any atom is -0.323 e. The second-order valence-corrected chi connectivity index (χ2v) is 5.07. The highest BCUT2D eigenvalue weighted by Crippen LogP contribution is 2.26. The van der Waals surface area contributed by atoms with Gasteiger partial charge in [-0.3, -0.25) is 4.79 Å². The third kappa shape index (κ3) is 2.82. The fourth-order valence-corrected chi connectivity index (χ4v) is 2.57. The molecule has 98 valence electrons. The van der Waals surface area contributed by atoms with Crippen molar-refractivity contribution in [2.45, 2.75) is 38.1 Å². The average Bonchev–Trinajstić information content (AvgIpc) is 2.82. The maximum absolute atomic E-state index is 12.4. The number of pyridine rings is 1. The predicted molar refractivity (Wildman–Crippen MR) is 72.8 cm³/mol. The molecule has 1 fully saturated rings. The number of anilines is 1. The first kappa shape index (κ1) is 13.3. The van der Waals surface area contributed by atoms with Crippen molar-refractivity contribution in [2.24, 2.45) is 0 Å². The van der Waals surface area contributed by atoms with Crippen LogP contribution in [0.4, 0.5) is 5.69 Å². The standard InChI is InChI=1S/C13H18ClN3O/c1-2-6-13(7-3-8-16-13)12(18)17-10-4-5-11(14)15-9-10/h4-5,9,16H,2-3,6-8H2,1H3,(H,17,18). The molecule has 1 aliphatic rings. The molecule has 5 heteroatoms. The lowest BCUT2D eigenvalue weighted by Gasteiger charge is -2.27. The molecule has 2 rings (SSSR count). The van der Waals surface area contributed by atoms with Crippen LogP contribution in [0.25, 0.3) is 0 Å². The number of carbonyl (C=O) groups excluding carboxylic acids is 1. The van der Waals surface area contributed by atoms with E-state index in [4.69, 9.17) is 11.6 Å². The zero-order chi connectivity index (χ0) is 13.0. The van der Waals surface area contributed by atoms with Gasteiger partial charge >= 0.3 is 0 Å². The van der Waals surface area contributed by atoms with E-state index in [1.54, 1.807) is 18.3 Å². The lowest BCUT2D eigenvalue weighted by atomic mass is 9.91. The van der Waals surface area contributed by atoms with Gasteiger partial charge in [-0.1, -0.05) is 24.9 Å². The maximum Gasteiger partial charge on any atom is 0.244 e. The third-order valence-electron chi connectivity index (χ3n) is 3.34. The molecule has 0 aliphatic carbocycles. The van der Waals surface area contributed by atoms with E-state index in [-0.39, 0.29) is 5.91 Å². The quantitative estimate of drug-likeness (QED) is 0.825. The third-order valence-corrected chi connectivity index (χ3v) is 3.56. The molecule has 1 aromatic heterocycles. The summed E-state index contributed by atoms with van der Waals surface area (Å²) in [5, 5.41) is 6.68. The van der Waals surface area contributed by atoms with Crippen LogP contribution in [0.5, 0.6) is 0 Å². The van der Waals surface area contributed by atoms with Crippen LogP contribution in [0.2, 0.25) is 5.15 Å². The van der Waals surface area contributed by atoms with Crippen molar-refractivity contribution in [3.05, 3.63) is 23.5 Å². The molecular weight excluding hydrogens is 250 g/mol. The largest absolute Gasteiger partial charge is 0.323 e. The van der Waals surface area contributed by atoms with Gasteiger partial charge in [0.05, 0.1) is 17.4 Å². The molecule has 2 N–H and O–H groups in total. The summed E-state index contributed by atoms with van der Waals surface area (Å²) in [5.74, 6) is 0.0333.